The number of benzene rings is 2. The lowest BCUT2D eigenvalue weighted by Gasteiger charge is -2.19. The summed E-state index contributed by atoms with van der Waals surface area (Å²) in [4.78, 5) is 0. The van der Waals surface area contributed by atoms with Crippen molar-refractivity contribution in [3.8, 4) is 11.5 Å². The van der Waals surface area contributed by atoms with E-state index in [1.165, 1.54) is 5.19 Å². The van der Waals surface area contributed by atoms with Gasteiger partial charge in [0.2, 0.25) is 0 Å². The van der Waals surface area contributed by atoms with Gasteiger partial charge in [-0.1, -0.05) is 61.2 Å². The van der Waals surface area contributed by atoms with Gasteiger partial charge in [0, 0.05) is 0 Å². The predicted molar refractivity (Wildman–Crippen MR) is 86.7 cm³/mol. The van der Waals surface area contributed by atoms with Gasteiger partial charge in [-0.15, -0.1) is 0 Å². The van der Waals surface area contributed by atoms with Crippen molar-refractivity contribution in [2.75, 3.05) is 7.11 Å². The van der Waals surface area contributed by atoms with Crippen LogP contribution in [0.25, 0.3) is 0 Å². The summed E-state index contributed by atoms with van der Waals surface area (Å²) in [7, 11) is 0.367. The Morgan fingerprint density at radius 1 is 0.900 bits per heavy atom. The first-order valence-electron chi connectivity index (χ1n) is 6.86. The highest BCUT2D eigenvalue weighted by atomic mass is 28.3. The third-order valence-electron chi connectivity index (χ3n) is 3.27. The minimum absolute atomic E-state index is 0.559. The van der Waals surface area contributed by atoms with Gasteiger partial charge in [-0.05, 0) is 17.7 Å². The van der Waals surface area contributed by atoms with E-state index >= 15 is 0 Å². The first-order chi connectivity index (χ1) is 9.50. The molecule has 0 saturated heterocycles. The Labute approximate surface area is 122 Å². The van der Waals surface area contributed by atoms with Gasteiger partial charge in [-0.25, -0.2) is 0 Å². The van der Waals surface area contributed by atoms with Gasteiger partial charge < -0.3 is 9.47 Å². The fourth-order valence-corrected chi connectivity index (χ4v) is 3.14. The van der Waals surface area contributed by atoms with Crippen LogP contribution in [0.1, 0.15) is 5.56 Å². The van der Waals surface area contributed by atoms with Crippen molar-refractivity contribution in [3.05, 3.63) is 54.1 Å². The molecule has 2 rings (SSSR count). The van der Waals surface area contributed by atoms with E-state index in [-0.39, 0.29) is 0 Å². The molecule has 0 fully saturated rings. The van der Waals surface area contributed by atoms with E-state index in [1.54, 1.807) is 7.11 Å². The zero-order chi connectivity index (χ0) is 14.6. The zero-order valence-electron chi connectivity index (χ0n) is 12.6. The molecule has 0 atom stereocenters. The first kappa shape index (κ1) is 14.7. The molecule has 0 unspecified atom stereocenters. The maximum atomic E-state index is 5.87. The van der Waals surface area contributed by atoms with Crippen molar-refractivity contribution in [1.82, 2.24) is 0 Å². The number of hydrogen-bond acceptors (Lipinski definition) is 2. The van der Waals surface area contributed by atoms with Gasteiger partial charge in [-0.3, -0.25) is 0 Å². The quantitative estimate of drug-likeness (QED) is 0.778. The summed E-state index contributed by atoms with van der Waals surface area (Å²) in [6, 6.07) is 16.5. The maximum Gasteiger partial charge on any atom is 0.161 e. The lowest BCUT2D eigenvalue weighted by Crippen LogP contribution is -2.37. The molecule has 0 heterocycles. The van der Waals surface area contributed by atoms with Crippen LogP contribution in [0, 0.1) is 0 Å². The second-order valence-electron chi connectivity index (χ2n) is 5.89. The monoisotopic (exact) mass is 286 g/mol. The van der Waals surface area contributed by atoms with Crippen LogP contribution >= 0.6 is 0 Å². The topological polar surface area (TPSA) is 18.5 Å². The summed E-state index contributed by atoms with van der Waals surface area (Å²) < 4.78 is 11.3. The molecule has 2 nitrogen and oxygen atoms in total. The van der Waals surface area contributed by atoms with E-state index in [2.05, 4.69) is 43.9 Å². The van der Waals surface area contributed by atoms with E-state index in [1.807, 2.05) is 24.3 Å². The third kappa shape index (κ3) is 3.64. The van der Waals surface area contributed by atoms with Crippen LogP contribution in [0.2, 0.25) is 19.6 Å². The summed E-state index contributed by atoms with van der Waals surface area (Å²) >= 11 is 0. The first-order valence-corrected chi connectivity index (χ1v) is 10.4. The molecule has 0 N–H and O–H groups in total. The SMILES string of the molecule is COc1cc([Si](C)(C)C)ccc1OCc1ccccc1. The van der Waals surface area contributed by atoms with Gasteiger partial charge in [0.15, 0.2) is 11.5 Å². The molecule has 106 valence electrons. The lowest BCUT2D eigenvalue weighted by molar-refractivity contribution is 0.284. The Kier molecular flexibility index (Phi) is 4.50. The Balaban J connectivity index is 2.16. The largest absolute Gasteiger partial charge is 0.493 e. The summed E-state index contributed by atoms with van der Waals surface area (Å²) in [5.41, 5.74) is 1.16. The molecule has 0 aromatic heterocycles. The summed E-state index contributed by atoms with van der Waals surface area (Å²) in [5.74, 6) is 1.62. The number of ether oxygens (including phenoxy) is 2. The van der Waals surface area contributed by atoms with Crippen molar-refractivity contribution in [3.63, 3.8) is 0 Å². The fraction of sp³-hybridized carbons (Fsp3) is 0.294. The highest BCUT2D eigenvalue weighted by Crippen LogP contribution is 2.27. The maximum absolute atomic E-state index is 5.87. The Bertz CT molecular complexity index is 559. The van der Waals surface area contributed by atoms with Gasteiger partial charge >= 0.3 is 0 Å². The Morgan fingerprint density at radius 3 is 2.20 bits per heavy atom. The van der Waals surface area contributed by atoms with E-state index < -0.39 is 8.07 Å². The Morgan fingerprint density at radius 2 is 1.60 bits per heavy atom. The molecular weight excluding hydrogens is 264 g/mol. The van der Waals surface area contributed by atoms with E-state index in [9.17, 15) is 0 Å². The molecule has 0 aliphatic rings. The lowest BCUT2D eigenvalue weighted by atomic mass is 10.2. The Hall–Kier alpha value is -1.74. The van der Waals surface area contributed by atoms with Crippen LogP contribution in [0.4, 0.5) is 0 Å². The van der Waals surface area contributed by atoms with Gasteiger partial charge in [-0.2, -0.15) is 0 Å². The third-order valence-corrected chi connectivity index (χ3v) is 5.31. The molecule has 0 aliphatic carbocycles. The van der Waals surface area contributed by atoms with Gasteiger partial charge in [0.25, 0.3) is 0 Å². The molecule has 2 aromatic rings. The number of rotatable bonds is 5. The minimum Gasteiger partial charge on any atom is -0.493 e. The second kappa shape index (κ2) is 6.14. The molecule has 0 saturated carbocycles. The average Bonchev–Trinajstić information content (AvgIpc) is 2.45. The van der Waals surface area contributed by atoms with E-state index in [0.717, 1.165) is 17.1 Å². The highest BCUT2D eigenvalue weighted by Gasteiger charge is 2.18. The molecule has 0 amide bonds. The normalized spacial score (nSPS) is 11.2. The number of hydrogen-bond donors (Lipinski definition) is 0. The van der Waals surface area contributed by atoms with Crippen LogP contribution < -0.4 is 14.7 Å². The number of methoxy groups -OCH3 is 1. The predicted octanol–water partition coefficient (Wildman–Crippen LogP) is 3.82. The average molecular weight is 286 g/mol. The van der Waals surface area contributed by atoms with Crippen molar-refractivity contribution < 1.29 is 9.47 Å². The smallest absolute Gasteiger partial charge is 0.161 e. The van der Waals surface area contributed by atoms with Crippen LogP contribution in [0.3, 0.4) is 0 Å². The molecule has 0 radical (unpaired) electrons. The summed E-state index contributed by atoms with van der Waals surface area (Å²) in [5, 5.41) is 1.38. The summed E-state index contributed by atoms with van der Waals surface area (Å²) in [6.07, 6.45) is 0. The van der Waals surface area contributed by atoms with Crippen LogP contribution in [-0.4, -0.2) is 15.2 Å². The fourth-order valence-electron chi connectivity index (χ4n) is 1.99. The van der Waals surface area contributed by atoms with Crippen molar-refractivity contribution in [2.24, 2.45) is 0 Å². The zero-order valence-corrected chi connectivity index (χ0v) is 13.6. The van der Waals surface area contributed by atoms with Gasteiger partial charge in [0.05, 0.1) is 15.2 Å². The van der Waals surface area contributed by atoms with Crippen LogP contribution in [0.15, 0.2) is 48.5 Å². The van der Waals surface area contributed by atoms with Crippen molar-refractivity contribution in [2.45, 2.75) is 26.2 Å². The molecule has 20 heavy (non-hydrogen) atoms. The van der Waals surface area contributed by atoms with Gasteiger partial charge in [0.1, 0.15) is 6.61 Å². The van der Waals surface area contributed by atoms with Crippen LogP contribution in [-0.2, 0) is 6.61 Å². The molecule has 0 spiro atoms. The second-order valence-corrected chi connectivity index (χ2v) is 11.0. The standard InChI is InChI=1S/C17H22O2Si/c1-18-17-12-15(20(2,3)4)10-11-16(17)19-13-14-8-6-5-7-9-14/h5-12H,13H2,1-4H3. The molecule has 3 heteroatoms. The van der Waals surface area contributed by atoms with E-state index in [4.69, 9.17) is 9.47 Å². The summed E-state index contributed by atoms with van der Waals surface area (Å²) in [6.45, 7) is 7.54. The molecular formula is C17H22O2Si. The molecule has 0 bridgehead atoms. The highest BCUT2D eigenvalue weighted by molar-refractivity contribution is 6.88. The molecule has 0 aliphatic heterocycles. The van der Waals surface area contributed by atoms with E-state index in [0.29, 0.717) is 6.61 Å². The molecule has 2 aromatic carbocycles. The minimum atomic E-state index is -1.33. The van der Waals surface area contributed by atoms with Crippen molar-refractivity contribution >= 4 is 13.3 Å². The van der Waals surface area contributed by atoms with Crippen LogP contribution in [0.5, 0.6) is 11.5 Å². The van der Waals surface area contributed by atoms with Crippen molar-refractivity contribution in [1.29, 1.82) is 0 Å².